The summed E-state index contributed by atoms with van der Waals surface area (Å²) in [6.07, 6.45) is 1.99. The lowest BCUT2D eigenvalue weighted by Crippen LogP contribution is -2.44. The van der Waals surface area contributed by atoms with E-state index in [4.69, 9.17) is 5.41 Å². The number of nitrogens with one attached hydrogen (secondary N) is 2. The van der Waals surface area contributed by atoms with Gasteiger partial charge < -0.3 is 4.90 Å². The van der Waals surface area contributed by atoms with Crippen LogP contribution >= 0.6 is 23.1 Å². The monoisotopic (exact) mass is 405 g/mol. The van der Waals surface area contributed by atoms with Gasteiger partial charge in [0.1, 0.15) is 0 Å². The van der Waals surface area contributed by atoms with Crippen LogP contribution in [0, 0.1) is 11.3 Å². The van der Waals surface area contributed by atoms with Crippen molar-refractivity contribution >= 4 is 57.5 Å². The number of carbonyl (C=O) groups excluding carboxylic acids is 3. The molecule has 8 nitrogen and oxygen atoms in total. The quantitative estimate of drug-likeness (QED) is 0.797. The molecule has 1 aromatic heterocycles. The van der Waals surface area contributed by atoms with E-state index in [2.05, 4.69) is 22.2 Å². The van der Waals surface area contributed by atoms with Gasteiger partial charge in [0.25, 0.3) is 11.8 Å². The fourth-order valence-electron chi connectivity index (χ4n) is 2.65. The van der Waals surface area contributed by atoms with Gasteiger partial charge in [-0.05, 0) is 30.2 Å². The highest BCUT2D eigenvalue weighted by Gasteiger charge is 2.27. The normalized spacial score (nSPS) is 19.8. The summed E-state index contributed by atoms with van der Waals surface area (Å²) in [7, 11) is 0. The van der Waals surface area contributed by atoms with Crippen molar-refractivity contribution < 1.29 is 14.4 Å². The first-order valence-electron chi connectivity index (χ1n) is 8.50. The van der Waals surface area contributed by atoms with Gasteiger partial charge in [-0.3, -0.25) is 25.1 Å². The second-order valence-corrected chi connectivity index (χ2v) is 8.23. The molecule has 3 rings (SSSR count). The number of amides is 3. The Morgan fingerprint density at radius 1 is 1.44 bits per heavy atom. The topological polar surface area (TPSA) is 115 Å². The van der Waals surface area contributed by atoms with E-state index in [-0.39, 0.29) is 28.4 Å². The predicted octanol–water partition coefficient (Wildman–Crippen LogP) is 1.78. The van der Waals surface area contributed by atoms with Gasteiger partial charge in [0, 0.05) is 13.1 Å². The van der Waals surface area contributed by atoms with E-state index < -0.39 is 11.8 Å². The van der Waals surface area contributed by atoms with Crippen LogP contribution in [0.2, 0.25) is 0 Å². The van der Waals surface area contributed by atoms with Gasteiger partial charge in [-0.1, -0.05) is 24.8 Å². The zero-order chi connectivity index (χ0) is 19.4. The van der Waals surface area contributed by atoms with Gasteiger partial charge in [-0.15, -0.1) is 11.3 Å². The summed E-state index contributed by atoms with van der Waals surface area (Å²) in [6, 6.07) is 3.30. The lowest BCUT2D eigenvalue weighted by atomic mass is 9.99. The lowest BCUT2D eigenvalue weighted by molar-refractivity contribution is -0.129. The summed E-state index contributed by atoms with van der Waals surface area (Å²) in [5.74, 6) is -0.865. The van der Waals surface area contributed by atoms with E-state index in [0.717, 1.165) is 37.7 Å². The maximum atomic E-state index is 12.3. The molecule has 2 aliphatic rings. The second kappa shape index (κ2) is 8.57. The molecule has 0 bridgehead atoms. The minimum absolute atomic E-state index is 0.0114. The van der Waals surface area contributed by atoms with E-state index in [1.807, 2.05) is 4.90 Å². The Morgan fingerprint density at radius 3 is 2.81 bits per heavy atom. The Bertz CT molecular complexity index is 824. The summed E-state index contributed by atoms with van der Waals surface area (Å²) in [6.45, 7) is 3.67. The maximum Gasteiger partial charge on any atom is 0.287 e. The SMILES string of the molecule is CC1CCN(C(=O)CSC2=NC(=N)C(=NC(=O)c3cccs3)C(=O)N2)CC1. The molecule has 0 unspecified atom stereocenters. The van der Waals surface area contributed by atoms with E-state index in [1.165, 1.54) is 11.3 Å². The van der Waals surface area contributed by atoms with Crippen molar-refractivity contribution in [1.29, 1.82) is 5.41 Å². The van der Waals surface area contributed by atoms with Crippen LogP contribution in [0.15, 0.2) is 27.5 Å². The van der Waals surface area contributed by atoms with Crippen molar-refractivity contribution in [3.05, 3.63) is 22.4 Å². The fraction of sp³-hybridized carbons (Fsp3) is 0.412. The van der Waals surface area contributed by atoms with Crippen LogP contribution in [0.3, 0.4) is 0 Å². The average molecular weight is 406 g/mol. The zero-order valence-electron chi connectivity index (χ0n) is 14.7. The number of piperidine rings is 1. The zero-order valence-corrected chi connectivity index (χ0v) is 16.4. The molecule has 1 saturated heterocycles. The molecule has 1 aromatic rings. The van der Waals surface area contributed by atoms with Gasteiger partial charge in [0.05, 0.1) is 10.6 Å². The van der Waals surface area contributed by atoms with E-state index in [1.54, 1.807) is 17.5 Å². The molecular weight excluding hydrogens is 386 g/mol. The highest BCUT2D eigenvalue weighted by Crippen LogP contribution is 2.18. The van der Waals surface area contributed by atoms with E-state index in [0.29, 0.717) is 10.8 Å². The molecule has 142 valence electrons. The smallest absolute Gasteiger partial charge is 0.287 e. The van der Waals surface area contributed by atoms with Gasteiger partial charge >= 0.3 is 0 Å². The molecule has 10 heteroatoms. The molecule has 0 saturated carbocycles. The predicted molar refractivity (Wildman–Crippen MR) is 107 cm³/mol. The first-order chi connectivity index (χ1) is 12.9. The van der Waals surface area contributed by atoms with Crippen LogP contribution in [-0.4, -0.2) is 58.2 Å². The summed E-state index contributed by atoms with van der Waals surface area (Å²) >= 11 is 2.28. The van der Waals surface area contributed by atoms with Crippen molar-refractivity contribution in [3.63, 3.8) is 0 Å². The number of amidine groups is 2. The summed E-state index contributed by atoms with van der Waals surface area (Å²) in [5.41, 5.74) is -0.325. The Kier molecular flexibility index (Phi) is 6.17. The Morgan fingerprint density at radius 2 is 2.19 bits per heavy atom. The number of thiophene rings is 1. The standard InChI is InChI=1S/C17H19N5O3S2/c1-10-4-6-22(7-5-10)12(23)9-27-17-20-14(18)13(16(25)21-17)19-15(24)11-3-2-8-26-11/h2-3,8,10H,4-7,9H2,1H3,(H2,18,20,21,25). The van der Waals surface area contributed by atoms with Gasteiger partial charge in [-0.25, -0.2) is 4.99 Å². The number of aliphatic imine (C=N–C) groups is 2. The third kappa shape index (κ3) is 4.89. The van der Waals surface area contributed by atoms with Crippen molar-refractivity contribution in [2.75, 3.05) is 18.8 Å². The summed E-state index contributed by atoms with van der Waals surface area (Å²) in [4.78, 5) is 46.3. The van der Waals surface area contributed by atoms with Crippen molar-refractivity contribution in [2.45, 2.75) is 19.8 Å². The fourth-order valence-corrected chi connectivity index (χ4v) is 4.03. The summed E-state index contributed by atoms with van der Waals surface area (Å²) in [5, 5.41) is 12.3. The molecule has 0 atom stereocenters. The third-order valence-electron chi connectivity index (χ3n) is 4.29. The molecule has 1 fully saturated rings. The summed E-state index contributed by atoms with van der Waals surface area (Å²) < 4.78 is 0. The van der Waals surface area contributed by atoms with Crippen molar-refractivity contribution in [2.24, 2.45) is 15.9 Å². The van der Waals surface area contributed by atoms with Gasteiger partial charge in [-0.2, -0.15) is 4.99 Å². The van der Waals surface area contributed by atoms with Gasteiger partial charge in [0.15, 0.2) is 16.7 Å². The molecule has 3 amide bonds. The molecule has 2 aliphatic heterocycles. The number of thioether (sulfide) groups is 1. The molecule has 0 radical (unpaired) electrons. The molecule has 0 aliphatic carbocycles. The van der Waals surface area contributed by atoms with Crippen LogP contribution in [-0.2, 0) is 9.59 Å². The minimum atomic E-state index is -0.665. The van der Waals surface area contributed by atoms with Crippen LogP contribution in [0.5, 0.6) is 0 Å². The lowest BCUT2D eigenvalue weighted by Gasteiger charge is -2.30. The molecule has 3 heterocycles. The maximum absolute atomic E-state index is 12.3. The Labute approximate surface area is 164 Å². The first-order valence-corrected chi connectivity index (χ1v) is 10.4. The van der Waals surface area contributed by atoms with Crippen LogP contribution in [0.25, 0.3) is 0 Å². The second-order valence-electron chi connectivity index (χ2n) is 6.31. The van der Waals surface area contributed by atoms with E-state index in [9.17, 15) is 14.4 Å². The molecule has 27 heavy (non-hydrogen) atoms. The third-order valence-corrected chi connectivity index (χ3v) is 6.00. The van der Waals surface area contributed by atoms with E-state index >= 15 is 0 Å². The molecule has 0 aromatic carbocycles. The number of hydrogen-bond donors (Lipinski definition) is 2. The highest BCUT2D eigenvalue weighted by atomic mass is 32.2. The Hall–Kier alpha value is -2.33. The highest BCUT2D eigenvalue weighted by molar-refractivity contribution is 8.14. The number of rotatable bonds is 3. The van der Waals surface area contributed by atoms with Crippen LogP contribution in [0.1, 0.15) is 29.4 Å². The molecular formula is C17H19N5O3S2. The Balaban J connectivity index is 1.59. The van der Waals surface area contributed by atoms with Crippen LogP contribution < -0.4 is 5.32 Å². The van der Waals surface area contributed by atoms with Crippen molar-refractivity contribution in [1.82, 2.24) is 10.2 Å². The van der Waals surface area contributed by atoms with Crippen molar-refractivity contribution in [3.8, 4) is 0 Å². The molecule has 0 spiro atoms. The largest absolute Gasteiger partial charge is 0.342 e. The van der Waals surface area contributed by atoms with Crippen LogP contribution in [0.4, 0.5) is 0 Å². The first kappa shape index (κ1) is 19.4. The molecule has 2 N–H and O–H groups in total. The number of nitrogens with zero attached hydrogens (tertiary/aromatic N) is 3. The average Bonchev–Trinajstić information content (AvgIpc) is 3.18. The number of carbonyl (C=O) groups is 3. The number of hydrogen-bond acceptors (Lipinski definition) is 6. The minimum Gasteiger partial charge on any atom is -0.342 e. The van der Waals surface area contributed by atoms with Gasteiger partial charge in [0.2, 0.25) is 5.91 Å². The number of likely N-dealkylation sites (tertiary alicyclic amines) is 1.